The van der Waals surface area contributed by atoms with Crippen LogP contribution in [0.4, 0.5) is 10.5 Å². The van der Waals surface area contributed by atoms with Crippen molar-refractivity contribution in [3.05, 3.63) is 78.4 Å². The minimum atomic E-state index is -3.95. The topological polar surface area (TPSA) is 99.2 Å². The Morgan fingerprint density at radius 1 is 1.11 bits per heavy atom. The first kappa shape index (κ1) is 27.6. The van der Waals surface area contributed by atoms with Gasteiger partial charge in [-0.15, -0.1) is 0 Å². The SMILES string of the molecule is Cc1ccc(-c2ccc3c(c2)O[C@@H](CN(C)C(=O)Nc2ccccc2)[C@H](C)CN([C@@H](C)CO)S3(=O)=O)cc1. The van der Waals surface area contributed by atoms with Crippen LogP contribution in [-0.2, 0) is 10.0 Å². The number of anilines is 1. The number of carbonyl (C=O) groups is 1. The second-order valence-corrected chi connectivity index (χ2v) is 11.8. The molecule has 2 N–H and O–H groups in total. The maximum absolute atomic E-state index is 13.7. The largest absolute Gasteiger partial charge is 0.487 e. The Hall–Kier alpha value is -3.40. The molecule has 0 saturated carbocycles. The summed E-state index contributed by atoms with van der Waals surface area (Å²) < 4.78 is 35.2. The molecule has 4 rings (SSSR count). The Morgan fingerprint density at radius 2 is 1.76 bits per heavy atom. The third-order valence-corrected chi connectivity index (χ3v) is 8.90. The van der Waals surface area contributed by atoms with Crippen molar-refractivity contribution < 1.29 is 23.1 Å². The van der Waals surface area contributed by atoms with Gasteiger partial charge in [-0.25, -0.2) is 13.2 Å². The second-order valence-electron chi connectivity index (χ2n) is 9.94. The Balaban J connectivity index is 1.69. The van der Waals surface area contributed by atoms with E-state index in [1.165, 1.54) is 9.21 Å². The van der Waals surface area contributed by atoms with Crippen LogP contribution < -0.4 is 10.1 Å². The van der Waals surface area contributed by atoms with Crippen LogP contribution in [0.25, 0.3) is 11.1 Å². The van der Waals surface area contributed by atoms with Gasteiger partial charge in [-0.1, -0.05) is 61.0 Å². The first-order chi connectivity index (χ1) is 18.1. The highest BCUT2D eigenvalue weighted by Crippen LogP contribution is 2.36. The molecule has 0 unspecified atom stereocenters. The minimum absolute atomic E-state index is 0.0435. The molecule has 2 amide bonds. The van der Waals surface area contributed by atoms with Crippen LogP contribution in [-0.4, -0.2) is 67.7 Å². The third-order valence-electron chi connectivity index (χ3n) is 6.88. The summed E-state index contributed by atoms with van der Waals surface area (Å²) >= 11 is 0. The molecular formula is C29H35N3O5S. The lowest BCUT2D eigenvalue weighted by Gasteiger charge is -2.37. The maximum atomic E-state index is 13.7. The van der Waals surface area contributed by atoms with Crippen molar-refractivity contribution in [3.63, 3.8) is 0 Å². The molecule has 0 saturated heterocycles. The molecule has 0 bridgehead atoms. The summed E-state index contributed by atoms with van der Waals surface area (Å²) in [7, 11) is -2.26. The summed E-state index contributed by atoms with van der Waals surface area (Å²) in [6.45, 7) is 5.65. The van der Waals surface area contributed by atoms with Crippen LogP contribution in [0.5, 0.6) is 5.75 Å². The molecule has 3 aromatic carbocycles. The Bertz CT molecular complexity index is 1360. The van der Waals surface area contributed by atoms with E-state index in [0.29, 0.717) is 5.69 Å². The smallest absolute Gasteiger partial charge is 0.321 e. The average Bonchev–Trinajstić information content (AvgIpc) is 2.91. The number of nitrogens with one attached hydrogen (secondary N) is 1. The molecule has 0 fully saturated rings. The summed E-state index contributed by atoms with van der Waals surface area (Å²) in [5.74, 6) is -0.0476. The van der Waals surface area contributed by atoms with Crippen molar-refractivity contribution in [1.82, 2.24) is 9.21 Å². The maximum Gasteiger partial charge on any atom is 0.321 e. The fourth-order valence-corrected chi connectivity index (χ4v) is 6.29. The highest BCUT2D eigenvalue weighted by molar-refractivity contribution is 7.89. The van der Waals surface area contributed by atoms with E-state index in [4.69, 9.17) is 4.74 Å². The van der Waals surface area contributed by atoms with Gasteiger partial charge in [0.25, 0.3) is 0 Å². The number of likely N-dealkylation sites (N-methyl/N-ethyl adjacent to an activating group) is 1. The molecule has 202 valence electrons. The predicted molar refractivity (Wildman–Crippen MR) is 149 cm³/mol. The number of urea groups is 1. The van der Waals surface area contributed by atoms with E-state index in [2.05, 4.69) is 5.32 Å². The summed E-state index contributed by atoms with van der Waals surface area (Å²) in [5, 5.41) is 12.7. The molecule has 3 aromatic rings. The van der Waals surface area contributed by atoms with Crippen molar-refractivity contribution in [2.45, 2.75) is 37.8 Å². The number of fused-ring (bicyclic) bond motifs is 1. The number of sulfonamides is 1. The summed E-state index contributed by atoms with van der Waals surface area (Å²) in [4.78, 5) is 14.5. The van der Waals surface area contributed by atoms with Gasteiger partial charge < -0.3 is 20.1 Å². The van der Waals surface area contributed by atoms with Crippen molar-refractivity contribution in [2.75, 3.05) is 32.1 Å². The van der Waals surface area contributed by atoms with E-state index in [1.54, 1.807) is 32.2 Å². The standard InChI is InChI=1S/C29H35N3O5S/c1-20-10-12-23(13-11-20)24-14-15-28-26(16-24)37-27(21(2)17-32(22(3)19-33)38(28,35)36)18-31(4)29(34)30-25-8-6-5-7-9-25/h5-16,21-22,27,33H,17-19H2,1-4H3,(H,30,34)/t21-,22+,27+/m1/s1. The monoisotopic (exact) mass is 537 g/mol. The molecule has 0 spiro atoms. The van der Waals surface area contributed by atoms with Crippen LogP contribution in [0.15, 0.2) is 77.7 Å². The summed E-state index contributed by atoms with van der Waals surface area (Å²) in [5.41, 5.74) is 3.56. The number of aliphatic hydroxyl groups excluding tert-OH is 1. The van der Waals surface area contributed by atoms with Gasteiger partial charge in [0.05, 0.1) is 13.2 Å². The molecule has 38 heavy (non-hydrogen) atoms. The molecule has 9 heteroatoms. The lowest BCUT2D eigenvalue weighted by Crippen LogP contribution is -2.50. The van der Waals surface area contributed by atoms with E-state index in [1.807, 2.05) is 68.4 Å². The van der Waals surface area contributed by atoms with Gasteiger partial charge in [-0.05, 0) is 49.2 Å². The molecule has 1 aliphatic heterocycles. The van der Waals surface area contributed by atoms with Gasteiger partial charge in [-0.3, -0.25) is 0 Å². The van der Waals surface area contributed by atoms with Crippen LogP contribution in [0, 0.1) is 12.8 Å². The van der Waals surface area contributed by atoms with E-state index in [0.717, 1.165) is 16.7 Å². The van der Waals surface area contributed by atoms with Crippen LogP contribution in [0.3, 0.4) is 0 Å². The number of ether oxygens (including phenoxy) is 1. The number of hydrogen-bond donors (Lipinski definition) is 2. The zero-order valence-corrected chi connectivity index (χ0v) is 23.0. The summed E-state index contributed by atoms with van der Waals surface area (Å²) in [6, 6.07) is 21.3. The molecule has 0 aliphatic carbocycles. The van der Waals surface area contributed by atoms with Gasteiger partial charge in [-0.2, -0.15) is 4.31 Å². The lowest BCUT2D eigenvalue weighted by atomic mass is 10.0. The minimum Gasteiger partial charge on any atom is -0.487 e. The van der Waals surface area contributed by atoms with E-state index >= 15 is 0 Å². The fraction of sp³-hybridized carbons (Fsp3) is 0.345. The zero-order chi connectivity index (χ0) is 27.4. The number of nitrogens with zero attached hydrogens (tertiary/aromatic N) is 2. The highest BCUT2D eigenvalue weighted by atomic mass is 32.2. The van der Waals surface area contributed by atoms with Gasteiger partial charge in [0, 0.05) is 31.2 Å². The van der Waals surface area contributed by atoms with Crippen LogP contribution >= 0.6 is 0 Å². The van der Waals surface area contributed by atoms with Gasteiger partial charge in [0.1, 0.15) is 16.7 Å². The van der Waals surface area contributed by atoms with Gasteiger partial charge in [0.15, 0.2) is 0 Å². The molecule has 0 aromatic heterocycles. The molecule has 3 atom stereocenters. The number of amides is 2. The van der Waals surface area contributed by atoms with Crippen molar-refractivity contribution in [2.24, 2.45) is 5.92 Å². The average molecular weight is 538 g/mol. The van der Waals surface area contributed by atoms with Crippen molar-refractivity contribution in [3.8, 4) is 16.9 Å². The quantitative estimate of drug-likeness (QED) is 0.479. The Kier molecular flexibility index (Phi) is 8.40. The van der Waals surface area contributed by atoms with Crippen LogP contribution in [0.2, 0.25) is 0 Å². The highest BCUT2D eigenvalue weighted by Gasteiger charge is 2.38. The van der Waals surface area contributed by atoms with E-state index in [-0.39, 0.29) is 42.3 Å². The first-order valence-electron chi connectivity index (χ1n) is 12.7. The van der Waals surface area contributed by atoms with E-state index in [9.17, 15) is 18.3 Å². The molecule has 0 radical (unpaired) electrons. The molecule has 1 aliphatic rings. The number of carbonyl (C=O) groups excluding carboxylic acids is 1. The third kappa shape index (κ3) is 6.01. The Labute approximate surface area is 224 Å². The molecule has 1 heterocycles. The molecular weight excluding hydrogens is 502 g/mol. The fourth-order valence-electron chi connectivity index (χ4n) is 4.46. The number of benzene rings is 3. The number of aliphatic hydroxyl groups is 1. The number of para-hydroxylation sites is 1. The number of rotatable bonds is 6. The first-order valence-corrected chi connectivity index (χ1v) is 14.1. The Morgan fingerprint density at radius 3 is 2.42 bits per heavy atom. The predicted octanol–water partition coefficient (Wildman–Crippen LogP) is 4.59. The van der Waals surface area contributed by atoms with Crippen LogP contribution in [0.1, 0.15) is 19.4 Å². The number of hydrogen-bond acceptors (Lipinski definition) is 5. The zero-order valence-electron chi connectivity index (χ0n) is 22.2. The summed E-state index contributed by atoms with van der Waals surface area (Å²) in [6.07, 6.45) is -0.502. The lowest BCUT2D eigenvalue weighted by molar-refractivity contribution is 0.0830. The normalized spacial score (nSPS) is 19.8. The molecule has 8 nitrogen and oxygen atoms in total. The van der Waals surface area contributed by atoms with E-state index < -0.39 is 22.2 Å². The van der Waals surface area contributed by atoms with Crippen molar-refractivity contribution in [1.29, 1.82) is 0 Å². The second kappa shape index (κ2) is 11.6. The van der Waals surface area contributed by atoms with Crippen molar-refractivity contribution >= 4 is 21.7 Å². The van der Waals surface area contributed by atoms with Gasteiger partial charge >= 0.3 is 6.03 Å². The van der Waals surface area contributed by atoms with Gasteiger partial charge in [0.2, 0.25) is 10.0 Å². The number of aryl methyl sites for hydroxylation is 1.